The van der Waals surface area contributed by atoms with Crippen molar-refractivity contribution >= 4 is 23.6 Å². The van der Waals surface area contributed by atoms with Gasteiger partial charge < -0.3 is 19.7 Å². The molecule has 6 heteroatoms. The molecule has 1 saturated heterocycles. The van der Waals surface area contributed by atoms with Gasteiger partial charge >= 0.3 is 0 Å². The molecular weight excluding hydrogens is 368 g/mol. The van der Waals surface area contributed by atoms with Gasteiger partial charge in [0, 0.05) is 37.5 Å². The van der Waals surface area contributed by atoms with Crippen molar-refractivity contribution in [1.82, 2.24) is 0 Å². The lowest BCUT2D eigenvalue weighted by Gasteiger charge is -2.39. The first-order chi connectivity index (χ1) is 14.1. The van der Waals surface area contributed by atoms with Crippen LogP contribution in [0.25, 0.3) is 0 Å². The van der Waals surface area contributed by atoms with E-state index in [0.717, 1.165) is 62.1 Å². The average molecular weight is 399 g/mol. The van der Waals surface area contributed by atoms with Crippen molar-refractivity contribution in [3.8, 4) is 0 Å². The second-order valence-electron chi connectivity index (χ2n) is 7.39. The third kappa shape index (κ3) is 4.43. The van der Waals surface area contributed by atoms with Gasteiger partial charge in [-0.1, -0.05) is 25.5 Å². The van der Waals surface area contributed by atoms with E-state index in [9.17, 15) is 9.59 Å². The van der Waals surface area contributed by atoms with Crippen LogP contribution in [0, 0.1) is 5.92 Å². The highest BCUT2D eigenvalue weighted by Crippen LogP contribution is 2.42. The number of hydrogen-bond donors (Lipinski definition) is 1. The number of methoxy groups -OCH3 is 1. The number of nitrogens with zero attached hydrogens (tertiary/aromatic N) is 1. The third-order valence-corrected chi connectivity index (χ3v) is 5.46. The van der Waals surface area contributed by atoms with Crippen molar-refractivity contribution in [1.29, 1.82) is 0 Å². The second kappa shape index (κ2) is 9.85. The molecule has 1 fully saturated rings. The Kier molecular flexibility index (Phi) is 7.23. The Morgan fingerprint density at radius 1 is 1.34 bits per heavy atom. The van der Waals surface area contributed by atoms with Crippen molar-refractivity contribution in [2.45, 2.75) is 46.1 Å². The largest absolute Gasteiger partial charge is 0.381 e. The monoisotopic (exact) mass is 398 g/mol. The summed E-state index contributed by atoms with van der Waals surface area (Å²) < 4.78 is 10.9. The molecule has 1 amide bonds. The minimum absolute atomic E-state index is 0.161. The number of benzene rings is 1. The quantitative estimate of drug-likeness (QED) is 0.544. The Morgan fingerprint density at radius 2 is 2.10 bits per heavy atom. The number of anilines is 2. The summed E-state index contributed by atoms with van der Waals surface area (Å²) >= 11 is 0. The van der Waals surface area contributed by atoms with E-state index in [1.165, 1.54) is 0 Å². The highest BCUT2D eigenvalue weighted by Gasteiger charge is 2.34. The summed E-state index contributed by atoms with van der Waals surface area (Å²) in [7, 11) is 1.61. The zero-order valence-corrected chi connectivity index (χ0v) is 17.5. The lowest BCUT2D eigenvalue weighted by molar-refractivity contribution is -0.113. The van der Waals surface area contributed by atoms with Gasteiger partial charge in [0.1, 0.15) is 12.0 Å². The average Bonchev–Trinajstić information content (AvgIpc) is 2.74. The molecule has 6 nitrogen and oxygen atoms in total. The number of carbonyl (C=O) groups excluding carboxylic acids is 2. The predicted molar refractivity (Wildman–Crippen MR) is 114 cm³/mol. The van der Waals surface area contributed by atoms with E-state index in [2.05, 4.69) is 23.2 Å². The number of aldehydes is 1. The van der Waals surface area contributed by atoms with Gasteiger partial charge in [-0.15, -0.1) is 0 Å². The Hall–Kier alpha value is -2.44. The Balaban J connectivity index is 2.17. The molecule has 2 heterocycles. The molecule has 1 aromatic carbocycles. The molecule has 1 N–H and O–H groups in total. The van der Waals surface area contributed by atoms with E-state index in [-0.39, 0.29) is 5.91 Å². The summed E-state index contributed by atoms with van der Waals surface area (Å²) in [5, 5.41) is 2.95. The number of rotatable bonds is 7. The number of carbonyl (C=O) groups is 2. The Morgan fingerprint density at radius 3 is 2.72 bits per heavy atom. The molecule has 0 unspecified atom stereocenters. The van der Waals surface area contributed by atoms with Crippen LogP contribution in [0.5, 0.6) is 0 Å². The molecular formula is C23H30N2O4. The summed E-state index contributed by atoms with van der Waals surface area (Å²) in [6.07, 6.45) is 8.74. The molecule has 0 spiro atoms. The maximum atomic E-state index is 12.9. The van der Waals surface area contributed by atoms with Gasteiger partial charge in [0.2, 0.25) is 0 Å². The normalized spacial score (nSPS) is 19.3. The summed E-state index contributed by atoms with van der Waals surface area (Å²) in [6.45, 7) is 5.82. The summed E-state index contributed by atoms with van der Waals surface area (Å²) in [6, 6.07) is 3.71. The fraction of sp³-hybridized carbons (Fsp3) is 0.478. The molecule has 2 aliphatic heterocycles. The zero-order chi connectivity index (χ0) is 20.8. The SMILES string of the molecule is C/C=C1/C(=O)Nc2cc(C=O)c(COC)cc2N1/C(=C/CCC)C1CCOCC1. The minimum atomic E-state index is -0.161. The van der Waals surface area contributed by atoms with E-state index < -0.39 is 0 Å². The van der Waals surface area contributed by atoms with E-state index in [1.807, 2.05) is 19.1 Å². The maximum absolute atomic E-state index is 12.9. The number of fused-ring (bicyclic) bond motifs is 1. The van der Waals surface area contributed by atoms with Crippen LogP contribution in [0.15, 0.2) is 35.7 Å². The molecule has 156 valence electrons. The summed E-state index contributed by atoms with van der Waals surface area (Å²) in [5.41, 5.74) is 4.61. The van der Waals surface area contributed by atoms with Crippen LogP contribution >= 0.6 is 0 Å². The van der Waals surface area contributed by atoms with E-state index in [0.29, 0.717) is 29.5 Å². The third-order valence-electron chi connectivity index (χ3n) is 5.46. The standard InChI is InChI=1S/C23H30N2O4/c1-4-6-7-21(16-8-10-29-11-9-16)25-20(5-2)23(27)24-19-12-17(14-26)18(15-28-3)13-22(19)25/h5,7,12-14,16H,4,6,8-11,15H2,1-3H3,(H,24,27)/b20-5-,21-7+. The van der Waals surface area contributed by atoms with Gasteiger partial charge in [-0.25, -0.2) is 0 Å². The van der Waals surface area contributed by atoms with E-state index in [1.54, 1.807) is 13.2 Å². The van der Waals surface area contributed by atoms with Crippen molar-refractivity contribution in [3.63, 3.8) is 0 Å². The van der Waals surface area contributed by atoms with Crippen LogP contribution in [0.4, 0.5) is 11.4 Å². The molecule has 0 aliphatic carbocycles. The molecule has 29 heavy (non-hydrogen) atoms. The molecule has 0 aromatic heterocycles. The molecule has 3 rings (SSSR count). The maximum Gasteiger partial charge on any atom is 0.272 e. The fourth-order valence-corrected chi connectivity index (χ4v) is 4.01. The lowest BCUT2D eigenvalue weighted by atomic mass is 9.92. The van der Waals surface area contributed by atoms with Crippen molar-refractivity contribution in [2.75, 3.05) is 30.5 Å². The zero-order valence-electron chi connectivity index (χ0n) is 17.5. The predicted octanol–water partition coefficient (Wildman–Crippen LogP) is 4.42. The highest BCUT2D eigenvalue weighted by molar-refractivity contribution is 6.13. The first kappa shape index (κ1) is 21.3. The Bertz CT molecular complexity index is 822. The highest BCUT2D eigenvalue weighted by atomic mass is 16.5. The minimum Gasteiger partial charge on any atom is -0.381 e. The van der Waals surface area contributed by atoms with Gasteiger partial charge in [-0.05, 0) is 43.9 Å². The van der Waals surface area contributed by atoms with Gasteiger partial charge in [0.15, 0.2) is 0 Å². The number of unbranched alkanes of at least 4 members (excludes halogenated alkanes) is 1. The van der Waals surface area contributed by atoms with Crippen LogP contribution in [0.3, 0.4) is 0 Å². The van der Waals surface area contributed by atoms with Crippen LogP contribution in [0.2, 0.25) is 0 Å². The smallest absolute Gasteiger partial charge is 0.272 e. The number of hydrogen-bond acceptors (Lipinski definition) is 5. The first-order valence-corrected chi connectivity index (χ1v) is 10.3. The molecule has 0 bridgehead atoms. The van der Waals surface area contributed by atoms with E-state index in [4.69, 9.17) is 9.47 Å². The molecule has 0 radical (unpaired) electrons. The van der Waals surface area contributed by atoms with Crippen LogP contribution < -0.4 is 10.2 Å². The topological polar surface area (TPSA) is 67.9 Å². The van der Waals surface area contributed by atoms with Crippen LogP contribution in [0.1, 0.15) is 55.5 Å². The number of amides is 1. The van der Waals surface area contributed by atoms with Gasteiger partial charge in [-0.3, -0.25) is 9.59 Å². The van der Waals surface area contributed by atoms with E-state index >= 15 is 0 Å². The Labute approximate surface area is 172 Å². The molecule has 1 aromatic rings. The summed E-state index contributed by atoms with van der Waals surface area (Å²) in [4.78, 5) is 26.5. The van der Waals surface area contributed by atoms with Gasteiger partial charge in [0.25, 0.3) is 5.91 Å². The van der Waals surface area contributed by atoms with Gasteiger partial charge in [-0.2, -0.15) is 0 Å². The van der Waals surface area contributed by atoms with Crippen LogP contribution in [-0.4, -0.2) is 32.5 Å². The van der Waals surface area contributed by atoms with Crippen molar-refractivity contribution < 1.29 is 19.1 Å². The molecule has 0 atom stereocenters. The van der Waals surface area contributed by atoms with Crippen molar-refractivity contribution in [2.24, 2.45) is 5.92 Å². The lowest BCUT2D eigenvalue weighted by Crippen LogP contribution is -2.39. The van der Waals surface area contributed by atoms with Gasteiger partial charge in [0.05, 0.1) is 18.0 Å². The molecule has 2 aliphatic rings. The van der Waals surface area contributed by atoms with Crippen molar-refractivity contribution in [3.05, 3.63) is 46.8 Å². The second-order valence-corrected chi connectivity index (χ2v) is 7.39. The fourth-order valence-electron chi connectivity index (χ4n) is 4.01. The first-order valence-electron chi connectivity index (χ1n) is 10.3. The number of allylic oxidation sites excluding steroid dienone is 3. The van der Waals surface area contributed by atoms with Crippen LogP contribution in [-0.2, 0) is 20.9 Å². The summed E-state index contributed by atoms with van der Waals surface area (Å²) in [5.74, 6) is 0.159. The molecule has 0 saturated carbocycles. The number of ether oxygens (including phenoxy) is 2. The number of nitrogens with one attached hydrogen (secondary N) is 1.